The fourth-order valence-corrected chi connectivity index (χ4v) is 2.96. The average Bonchev–Trinajstić information content (AvgIpc) is 2.18. The average molecular weight is 213 g/mol. The standard InChI is InChI=1S/C12H23NO2/c14-11-5-4-8-13(9-11)10-12(15)6-2-1-3-7-12/h11,14-15H,1-10H2. The van der Waals surface area contributed by atoms with Crippen molar-refractivity contribution in [3.05, 3.63) is 0 Å². The third-order valence-corrected chi connectivity index (χ3v) is 3.78. The Labute approximate surface area is 92.1 Å². The van der Waals surface area contributed by atoms with E-state index in [1.54, 1.807) is 0 Å². The van der Waals surface area contributed by atoms with Gasteiger partial charge in [-0.05, 0) is 32.2 Å². The number of piperidine rings is 1. The summed E-state index contributed by atoms with van der Waals surface area (Å²) in [7, 11) is 0. The molecule has 0 aromatic carbocycles. The number of aliphatic hydroxyl groups is 2. The number of rotatable bonds is 2. The Kier molecular flexibility index (Phi) is 3.65. The molecular formula is C12H23NO2. The van der Waals surface area contributed by atoms with Crippen LogP contribution in [0.4, 0.5) is 0 Å². The van der Waals surface area contributed by atoms with E-state index in [4.69, 9.17) is 0 Å². The first-order valence-corrected chi connectivity index (χ1v) is 6.31. The maximum absolute atomic E-state index is 10.4. The fourth-order valence-electron chi connectivity index (χ4n) is 2.96. The zero-order chi connectivity index (χ0) is 10.7. The van der Waals surface area contributed by atoms with Gasteiger partial charge in [-0.15, -0.1) is 0 Å². The molecule has 0 aromatic heterocycles. The summed E-state index contributed by atoms with van der Waals surface area (Å²) in [6.07, 6.45) is 7.29. The van der Waals surface area contributed by atoms with Gasteiger partial charge < -0.3 is 10.2 Å². The largest absolute Gasteiger partial charge is 0.392 e. The van der Waals surface area contributed by atoms with Crippen molar-refractivity contribution in [3.63, 3.8) is 0 Å². The van der Waals surface area contributed by atoms with E-state index in [9.17, 15) is 10.2 Å². The topological polar surface area (TPSA) is 43.7 Å². The van der Waals surface area contributed by atoms with Crippen molar-refractivity contribution in [2.45, 2.75) is 56.7 Å². The van der Waals surface area contributed by atoms with Crippen LogP contribution in [-0.4, -0.2) is 46.5 Å². The van der Waals surface area contributed by atoms with Gasteiger partial charge in [-0.3, -0.25) is 4.90 Å². The smallest absolute Gasteiger partial charge is 0.0774 e. The van der Waals surface area contributed by atoms with Gasteiger partial charge in [0, 0.05) is 13.1 Å². The number of hydrogen-bond donors (Lipinski definition) is 2. The molecule has 0 radical (unpaired) electrons. The molecule has 2 aliphatic rings. The minimum Gasteiger partial charge on any atom is -0.392 e. The summed E-state index contributed by atoms with van der Waals surface area (Å²) < 4.78 is 0. The molecule has 0 aromatic rings. The highest BCUT2D eigenvalue weighted by molar-refractivity contribution is 4.87. The molecule has 0 amide bonds. The van der Waals surface area contributed by atoms with E-state index in [0.717, 1.165) is 58.2 Å². The van der Waals surface area contributed by atoms with Crippen LogP contribution in [-0.2, 0) is 0 Å². The lowest BCUT2D eigenvalue weighted by Crippen LogP contribution is -2.48. The molecule has 1 atom stereocenters. The van der Waals surface area contributed by atoms with E-state index in [1.165, 1.54) is 6.42 Å². The highest BCUT2D eigenvalue weighted by Crippen LogP contribution is 2.29. The Hall–Kier alpha value is -0.120. The minimum absolute atomic E-state index is 0.175. The number of aliphatic hydroxyl groups excluding tert-OH is 1. The Morgan fingerprint density at radius 2 is 1.87 bits per heavy atom. The molecule has 1 aliphatic carbocycles. The molecule has 1 unspecified atom stereocenters. The highest BCUT2D eigenvalue weighted by Gasteiger charge is 2.32. The Bertz CT molecular complexity index is 202. The molecule has 2 fully saturated rings. The SMILES string of the molecule is OC1CCCN(CC2(O)CCCCC2)C1. The summed E-state index contributed by atoms with van der Waals surface area (Å²) in [5, 5.41) is 20.0. The lowest BCUT2D eigenvalue weighted by atomic mass is 9.84. The summed E-state index contributed by atoms with van der Waals surface area (Å²) in [5.74, 6) is 0. The molecule has 2 rings (SSSR count). The van der Waals surface area contributed by atoms with Gasteiger partial charge in [0.1, 0.15) is 0 Å². The van der Waals surface area contributed by atoms with Crippen molar-refractivity contribution in [2.75, 3.05) is 19.6 Å². The van der Waals surface area contributed by atoms with Crippen molar-refractivity contribution in [1.82, 2.24) is 4.90 Å². The van der Waals surface area contributed by atoms with E-state index >= 15 is 0 Å². The molecule has 1 aliphatic heterocycles. The predicted octanol–water partition coefficient (Wildman–Crippen LogP) is 1.14. The van der Waals surface area contributed by atoms with Gasteiger partial charge in [0.25, 0.3) is 0 Å². The van der Waals surface area contributed by atoms with Crippen LogP contribution in [0.3, 0.4) is 0 Å². The van der Waals surface area contributed by atoms with Crippen LogP contribution in [0.15, 0.2) is 0 Å². The van der Waals surface area contributed by atoms with Gasteiger partial charge in [0.15, 0.2) is 0 Å². The third kappa shape index (κ3) is 3.16. The number of likely N-dealkylation sites (tertiary alicyclic amines) is 1. The highest BCUT2D eigenvalue weighted by atomic mass is 16.3. The first-order chi connectivity index (χ1) is 7.18. The molecule has 1 saturated carbocycles. The molecule has 0 bridgehead atoms. The summed E-state index contributed by atoms with van der Waals surface area (Å²) in [4.78, 5) is 2.24. The van der Waals surface area contributed by atoms with Gasteiger partial charge >= 0.3 is 0 Å². The first kappa shape index (κ1) is 11.4. The van der Waals surface area contributed by atoms with Crippen molar-refractivity contribution in [3.8, 4) is 0 Å². The second-order valence-corrected chi connectivity index (χ2v) is 5.32. The molecule has 3 heteroatoms. The van der Waals surface area contributed by atoms with Gasteiger partial charge in [-0.1, -0.05) is 19.3 Å². The van der Waals surface area contributed by atoms with Gasteiger partial charge in [0.2, 0.25) is 0 Å². The summed E-state index contributed by atoms with van der Waals surface area (Å²) in [6.45, 7) is 2.56. The summed E-state index contributed by atoms with van der Waals surface area (Å²) >= 11 is 0. The Morgan fingerprint density at radius 1 is 1.13 bits per heavy atom. The number of hydrogen-bond acceptors (Lipinski definition) is 3. The number of nitrogens with zero attached hydrogens (tertiary/aromatic N) is 1. The molecule has 88 valence electrons. The normalized spacial score (nSPS) is 32.8. The molecule has 2 N–H and O–H groups in total. The molecule has 0 spiro atoms. The van der Waals surface area contributed by atoms with Gasteiger partial charge in [-0.25, -0.2) is 0 Å². The monoisotopic (exact) mass is 213 g/mol. The maximum Gasteiger partial charge on any atom is 0.0774 e. The van der Waals surface area contributed by atoms with Crippen LogP contribution in [0.2, 0.25) is 0 Å². The van der Waals surface area contributed by atoms with Crippen molar-refractivity contribution >= 4 is 0 Å². The van der Waals surface area contributed by atoms with Crippen LogP contribution >= 0.6 is 0 Å². The third-order valence-electron chi connectivity index (χ3n) is 3.78. The van der Waals surface area contributed by atoms with Crippen LogP contribution in [0.25, 0.3) is 0 Å². The molecule has 1 heterocycles. The Morgan fingerprint density at radius 3 is 2.53 bits per heavy atom. The molecule has 3 nitrogen and oxygen atoms in total. The second kappa shape index (κ2) is 4.81. The van der Waals surface area contributed by atoms with Crippen LogP contribution in [0.1, 0.15) is 44.9 Å². The maximum atomic E-state index is 10.4. The Balaban J connectivity index is 1.83. The van der Waals surface area contributed by atoms with Gasteiger partial charge in [-0.2, -0.15) is 0 Å². The van der Waals surface area contributed by atoms with E-state index in [2.05, 4.69) is 4.90 Å². The van der Waals surface area contributed by atoms with Crippen LogP contribution in [0, 0.1) is 0 Å². The first-order valence-electron chi connectivity index (χ1n) is 6.31. The lowest BCUT2D eigenvalue weighted by molar-refractivity contribution is -0.0429. The van der Waals surface area contributed by atoms with E-state index in [1.807, 2.05) is 0 Å². The zero-order valence-electron chi connectivity index (χ0n) is 9.49. The second-order valence-electron chi connectivity index (χ2n) is 5.32. The van der Waals surface area contributed by atoms with Crippen molar-refractivity contribution in [1.29, 1.82) is 0 Å². The molecule has 1 saturated heterocycles. The fraction of sp³-hybridized carbons (Fsp3) is 1.00. The van der Waals surface area contributed by atoms with Crippen LogP contribution in [0.5, 0.6) is 0 Å². The molecule has 15 heavy (non-hydrogen) atoms. The van der Waals surface area contributed by atoms with Crippen molar-refractivity contribution in [2.24, 2.45) is 0 Å². The lowest BCUT2D eigenvalue weighted by Gasteiger charge is -2.39. The van der Waals surface area contributed by atoms with E-state index < -0.39 is 5.60 Å². The van der Waals surface area contributed by atoms with Gasteiger partial charge in [0.05, 0.1) is 11.7 Å². The summed E-state index contributed by atoms with van der Waals surface area (Å²) in [6, 6.07) is 0. The predicted molar refractivity (Wildman–Crippen MR) is 59.7 cm³/mol. The van der Waals surface area contributed by atoms with E-state index in [-0.39, 0.29) is 6.10 Å². The zero-order valence-corrected chi connectivity index (χ0v) is 9.49. The quantitative estimate of drug-likeness (QED) is 0.723. The van der Waals surface area contributed by atoms with Crippen LogP contribution < -0.4 is 0 Å². The van der Waals surface area contributed by atoms with E-state index in [0.29, 0.717) is 0 Å². The number of β-amino-alcohol motifs (C(OH)–C–C–N with tert-alkyl or cyclic N) is 2. The minimum atomic E-state index is -0.463. The van der Waals surface area contributed by atoms with Crippen molar-refractivity contribution < 1.29 is 10.2 Å². The molecular weight excluding hydrogens is 190 g/mol. The summed E-state index contributed by atoms with van der Waals surface area (Å²) in [5.41, 5.74) is -0.463.